The molecule has 0 atom stereocenters. The van der Waals surface area contributed by atoms with Gasteiger partial charge in [0.1, 0.15) is 0 Å². The lowest BCUT2D eigenvalue weighted by atomic mass is 10.1. The Bertz CT molecular complexity index is 714. The Labute approximate surface area is 142 Å². The van der Waals surface area contributed by atoms with E-state index in [0.29, 0.717) is 6.04 Å². The van der Waals surface area contributed by atoms with Crippen molar-refractivity contribution in [2.45, 2.75) is 32.4 Å². The van der Waals surface area contributed by atoms with Gasteiger partial charge < -0.3 is 0 Å². The Morgan fingerprint density at radius 3 is 2.52 bits per heavy atom. The zero-order chi connectivity index (χ0) is 16.4. The molecule has 2 heterocycles. The molecule has 0 aliphatic carbocycles. The second-order valence-corrected chi connectivity index (χ2v) is 7.52. The molecule has 1 aromatic heterocycles. The van der Waals surface area contributed by atoms with Gasteiger partial charge >= 0.3 is 0 Å². The van der Waals surface area contributed by atoms with E-state index >= 15 is 0 Å². The molecule has 3 rings (SSSR count). The van der Waals surface area contributed by atoms with Gasteiger partial charge in [-0.3, -0.25) is 14.4 Å². The normalized spacial score (nSPS) is 16.2. The number of thioether (sulfide) groups is 1. The van der Waals surface area contributed by atoms with Crippen LogP contribution in [0.3, 0.4) is 0 Å². The minimum absolute atomic E-state index is 0.105. The van der Waals surface area contributed by atoms with Crippen molar-refractivity contribution < 1.29 is 0 Å². The molecule has 0 bridgehead atoms. The van der Waals surface area contributed by atoms with E-state index in [1.54, 1.807) is 4.68 Å². The summed E-state index contributed by atoms with van der Waals surface area (Å²) < 4.78 is 3.74. The molecule has 0 radical (unpaired) electrons. The monoisotopic (exact) mass is 331 g/mol. The van der Waals surface area contributed by atoms with Crippen molar-refractivity contribution in [1.82, 2.24) is 14.3 Å². The predicted octanol–water partition coefficient (Wildman–Crippen LogP) is 2.81. The molecule has 0 saturated carbocycles. The van der Waals surface area contributed by atoms with Crippen LogP contribution in [0.4, 0.5) is 0 Å². The zero-order valence-corrected chi connectivity index (χ0v) is 15.0. The highest BCUT2D eigenvalue weighted by Gasteiger charge is 2.22. The lowest BCUT2D eigenvalue weighted by molar-refractivity contribution is 0.220. The van der Waals surface area contributed by atoms with Crippen molar-refractivity contribution in [3.05, 3.63) is 51.9 Å². The summed E-state index contributed by atoms with van der Waals surface area (Å²) in [5, 5.41) is 0. The van der Waals surface area contributed by atoms with Gasteiger partial charge in [0.05, 0.1) is 11.3 Å². The largest absolute Gasteiger partial charge is 0.299 e. The van der Waals surface area contributed by atoms with Crippen LogP contribution in [0, 0.1) is 6.92 Å². The first-order valence-corrected chi connectivity index (χ1v) is 9.36. The molecule has 0 N–H and O–H groups in total. The van der Waals surface area contributed by atoms with Gasteiger partial charge in [-0.25, -0.2) is 4.68 Å². The average Bonchev–Trinajstić information content (AvgIpc) is 2.80. The number of nitrogens with zero attached hydrogens (tertiary/aromatic N) is 3. The van der Waals surface area contributed by atoms with E-state index in [-0.39, 0.29) is 5.56 Å². The summed E-state index contributed by atoms with van der Waals surface area (Å²) >= 11 is 2.04. The minimum atomic E-state index is 0.105. The van der Waals surface area contributed by atoms with Crippen molar-refractivity contribution in [1.29, 1.82) is 0 Å². The molecule has 1 saturated heterocycles. The quantitative estimate of drug-likeness (QED) is 0.863. The number of rotatable bonds is 4. The van der Waals surface area contributed by atoms with E-state index in [4.69, 9.17) is 0 Å². The first-order chi connectivity index (χ1) is 11.1. The Kier molecular flexibility index (Phi) is 4.97. The van der Waals surface area contributed by atoms with E-state index in [9.17, 15) is 4.79 Å². The fourth-order valence-corrected chi connectivity index (χ4v) is 4.39. The number of benzene rings is 1. The summed E-state index contributed by atoms with van der Waals surface area (Å²) in [6.07, 6.45) is 2.44. The molecule has 2 aromatic rings. The van der Waals surface area contributed by atoms with E-state index in [1.807, 2.05) is 60.7 Å². The number of para-hydroxylation sites is 1. The van der Waals surface area contributed by atoms with Crippen LogP contribution in [0.5, 0.6) is 0 Å². The van der Waals surface area contributed by atoms with Crippen LogP contribution in [0.25, 0.3) is 5.69 Å². The maximum Gasteiger partial charge on any atom is 0.276 e. The third-order valence-electron chi connectivity index (χ3n) is 4.90. The highest BCUT2D eigenvalue weighted by atomic mass is 32.2. The summed E-state index contributed by atoms with van der Waals surface area (Å²) in [6, 6.07) is 10.5. The van der Waals surface area contributed by atoms with E-state index < -0.39 is 0 Å². The molecule has 0 unspecified atom stereocenters. The Morgan fingerprint density at radius 2 is 1.87 bits per heavy atom. The van der Waals surface area contributed by atoms with Gasteiger partial charge in [0, 0.05) is 25.3 Å². The van der Waals surface area contributed by atoms with Crippen LogP contribution < -0.4 is 5.56 Å². The van der Waals surface area contributed by atoms with Crippen LogP contribution in [-0.4, -0.2) is 38.9 Å². The molecule has 23 heavy (non-hydrogen) atoms. The smallest absolute Gasteiger partial charge is 0.276 e. The molecular weight excluding hydrogens is 306 g/mol. The first kappa shape index (κ1) is 16.4. The fraction of sp³-hybridized carbons (Fsp3) is 0.500. The minimum Gasteiger partial charge on any atom is -0.299 e. The van der Waals surface area contributed by atoms with Gasteiger partial charge in [0.25, 0.3) is 5.56 Å². The first-order valence-electron chi connectivity index (χ1n) is 8.20. The second kappa shape index (κ2) is 6.97. The molecule has 1 aromatic carbocycles. The van der Waals surface area contributed by atoms with E-state index in [1.165, 1.54) is 24.3 Å². The van der Waals surface area contributed by atoms with E-state index in [2.05, 4.69) is 11.9 Å². The second-order valence-electron chi connectivity index (χ2n) is 6.30. The van der Waals surface area contributed by atoms with Crippen LogP contribution in [-0.2, 0) is 13.6 Å². The van der Waals surface area contributed by atoms with Crippen LogP contribution in [0.15, 0.2) is 35.1 Å². The van der Waals surface area contributed by atoms with Gasteiger partial charge in [-0.2, -0.15) is 11.8 Å². The van der Waals surface area contributed by atoms with Crippen molar-refractivity contribution in [2.24, 2.45) is 7.05 Å². The SMILES string of the molecule is Cc1c(CN(C)C2CCSCC2)c(=O)n(-c2ccccc2)n1C. The lowest BCUT2D eigenvalue weighted by Crippen LogP contribution is -2.35. The third-order valence-corrected chi connectivity index (χ3v) is 5.94. The van der Waals surface area contributed by atoms with Crippen molar-refractivity contribution in [2.75, 3.05) is 18.6 Å². The summed E-state index contributed by atoms with van der Waals surface area (Å²) in [7, 11) is 4.11. The van der Waals surface area contributed by atoms with Crippen LogP contribution in [0.2, 0.25) is 0 Å². The van der Waals surface area contributed by atoms with Crippen molar-refractivity contribution in [3.8, 4) is 5.69 Å². The molecule has 1 fully saturated rings. The molecule has 1 aliphatic heterocycles. The number of aromatic nitrogens is 2. The van der Waals surface area contributed by atoms with Crippen molar-refractivity contribution >= 4 is 11.8 Å². The molecule has 0 spiro atoms. The topological polar surface area (TPSA) is 30.2 Å². The molecule has 0 amide bonds. The van der Waals surface area contributed by atoms with Crippen LogP contribution >= 0.6 is 11.8 Å². The standard InChI is InChI=1S/C18H25N3OS/c1-14-17(13-19(2)15-9-11-23-12-10-15)18(22)21(20(14)3)16-7-5-4-6-8-16/h4-8,15H,9-13H2,1-3H3. The summed E-state index contributed by atoms with van der Waals surface area (Å²) in [4.78, 5) is 15.3. The Morgan fingerprint density at radius 1 is 1.22 bits per heavy atom. The van der Waals surface area contributed by atoms with Gasteiger partial charge in [-0.1, -0.05) is 18.2 Å². The predicted molar refractivity (Wildman–Crippen MR) is 97.6 cm³/mol. The number of hydrogen-bond acceptors (Lipinski definition) is 3. The van der Waals surface area contributed by atoms with Gasteiger partial charge in [0.2, 0.25) is 0 Å². The third kappa shape index (κ3) is 3.26. The molecule has 4 nitrogen and oxygen atoms in total. The highest BCUT2D eigenvalue weighted by molar-refractivity contribution is 7.99. The maximum absolute atomic E-state index is 12.9. The number of hydrogen-bond donors (Lipinski definition) is 0. The summed E-state index contributed by atoms with van der Waals surface area (Å²) in [5.41, 5.74) is 2.99. The van der Waals surface area contributed by atoms with Gasteiger partial charge in [-0.05, 0) is 50.5 Å². The van der Waals surface area contributed by atoms with Crippen molar-refractivity contribution in [3.63, 3.8) is 0 Å². The van der Waals surface area contributed by atoms with Gasteiger partial charge in [-0.15, -0.1) is 0 Å². The average molecular weight is 331 g/mol. The molecule has 5 heteroatoms. The molecule has 1 aliphatic rings. The van der Waals surface area contributed by atoms with E-state index in [0.717, 1.165) is 23.5 Å². The summed E-state index contributed by atoms with van der Waals surface area (Å²) in [5.74, 6) is 2.47. The Balaban J connectivity index is 1.90. The van der Waals surface area contributed by atoms with Gasteiger partial charge in [0.15, 0.2) is 0 Å². The molecule has 124 valence electrons. The lowest BCUT2D eigenvalue weighted by Gasteiger charge is -2.30. The Hall–Kier alpha value is -1.46. The molecular formula is C18H25N3OS. The maximum atomic E-state index is 12.9. The zero-order valence-electron chi connectivity index (χ0n) is 14.2. The summed E-state index contributed by atoms with van der Waals surface area (Å²) in [6.45, 7) is 2.77. The van der Waals surface area contributed by atoms with Crippen LogP contribution in [0.1, 0.15) is 24.1 Å². The fourth-order valence-electron chi connectivity index (χ4n) is 3.31. The highest BCUT2D eigenvalue weighted by Crippen LogP contribution is 2.22.